The van der Waals surface area contributed by atoms with Crippen LogP contribution in [0.5, 0.6) is 5.75 Å². The lowest BCUT2D eigenvalue weighted by atomic mass is 10.2. The molecule has 1 aliphatic heterocycles. The van der Waals surface area contributed by atoms with E-state index in [9.17, 15) is 9.59 Å². The third-order valence-electron chi connectivity index (χ3n) is 4.46. The smallest absolute Gasteiger partial charge is 0.298 e. The number of hydrogen-bond acceptors (Lipinski definition) is 4. The summed E-state index contributed by atoms with van der Waals surface area (Å²) in [5.41, 5.74) is 2.20. The van der Waals surface area contributed by atoms with E-state index in [0.29, 0.717) is 33.0 Å². The van der Waals surface area contributed by atoms with E-state index in [1.54, 1.807) is 42.5 Å². The molecule has 4 nitrogen and oxygen atoms in total. The molecular formula is C23H14Cl2INO3S. The fourth-order valence-corrected chi connectivity index (χ4v) is 4.94. The van der Waals surface area contributed by atoms with Crippen molar-refractivity contribution in [3.05, 3.63) is 96.4 Å². The van der Waals surface area contributed by atoms with Crippen LogP contribution in [0.3, 0.4) is 0 Å². The number of carbonyl (C=O) groups is 2. The van der Waals surface area contributed by atoms with Crippen molar-refractivity contribution in [2.75, 3.05) is 4.90 Å². The van der Waals surface area contributed by atoms with E-state index >= 15 is 0 Å². The third-order valence-corrected chi connectivity index (χ3v) is 6.76. The number of benzene rings is 3. The monoisotopic (exact) mass is 581 g/mol. The molecular weight excluding hydrogens is 568 g/mol. The van der Waals surface area contributed by atoms with Crippen LogP contribution in [0.15, 0.2) is 71.6 Å². The molecule has 0 unspecified atom stereocenters. The number of hydrogen-bond donors (Lipinski definition) is 0. The topological polar surface area (TPSA) is 46.6 Å². The number of amides is 2. The molecule has 156 valence electrons. The molecule has 1 saturated heterocycles. The number of rotatable bonds is 5. The Morgan fingerprint density at radius 2 is 1.77 bits per heavy atom. The second-order valence-corrected chi connectivity index (χ2v) is 9.57. The van der Waals surface area contributed by atoms with Gasteiger partial charge in [0.1, 0.15) is 12.4 Å². The van der Waals surface area contributed by atoms with Crippen LogP contribution in [0, 0.1) is 3.57 Å². The first kappa shape index (κ1) is 22.2. The molecule has 8 heteroatoms. The van der Waals surface area contributed by atoms with Crippen LogP contribution in [0.1, 0.15) is 11.1 Å². The predicted octanol–water partition coefficient (Wildman–Crippen LogP) is 7.42. The number of nitrogens with zero attached hydrogens (tertiary/aromatic N) is 1. The van der Waals surface area contributed by atoms with Gasteiger partial charge in [-0.05, 0) is 82.4 Å². The molecule has 3 aromatic carbocycles. The third kappa shape index (κ3) is 5.09. The number of thioether (sulfide) groups is 1. The Morgan fingerprint density at radius 1 is 1.00 bits per heavy atom. The first-order valence-electron chi connectivity index (χ1n) is 9.11. The average molecular weight is 582 g/mol. The maximum atomic E-state index is 12.8. The molecule has 0 aromatic heterocycles. The van der Waals surface area contributed by atoms with Gasteiger partial charge in [-0.3, -0.25) is 9.59 Å². The molecule has 0 saturated carbocycles. The second kappa shape index (κ2) is 9.65. The maximum Gasteiger partial charge on any atom is 0.298 e. The van der Waals surface area contributed by atoms with Crippen molar-refractivity contribution in [3.8, 4) is 5.75 Å². The number of carbonyl (C=O) groups excluding carboxylic acids is 2. The lowest BCUT2D eigenvalue weighted by Gasteiger charge is -2.12. The molecule has 0 aliphatic carbocycles. The standard InChI is InChI=1S/C23H14Cl2INO3S/c24-16-8-7-15(18(25)12-16)13-30-20-9-6-14(10-19(20)26)11-21-22(28)27(23(29)31-21)17-4-2-1-3-5-17/h1-12H,13H2/b21-11-. The summed E-state index contributed by atoms with van der Waals surface area (Å²) in [6.45, 7) is 0.307. The normalized spacial score (nSPS) is 15.1. The second-order valence-electron chi connectivity index (χ2n) is 6.57. The summed E-state index contributed by atoms with van der Waals surface area (Å²) in [7, 11) is 0. The lowest BCUT2D eigenvalue weighted by molar-refractivity contribution is -0.113. The fraction of sp³-hybridized carbons (Fsp3) is 0.0435. The number of imide groups is 1. The van der Waals surface area contributed by atoms with E-state index in [2.05, 4.69) is 22.6 Å². The summed E-state index contributed by atoms with van der Waals surface area (Å²) in [4.78, 5) is 26.7. The van der Waals surface area contributed by atoms with Gasteiger partial charge >= 0.3 is 0 Å². The van der Waals surface area contributed by atoms with E-state index in [4.69, 9.17) is 27.9 Å². The van der Waals surface area contributed by atoms with Gasteiger partial charge in [-0.25, -0.2) is 4.90 Å². The summed E-state index contributed by atoms with van der Waals surface area (Å²) in [5.74, 6) is 0.370. The highest BCUT2D eigenvalue weighted by atomic mass is 127. The molecule has 0 spiro atoms. The number of ether oxygens (including phenoxy) is 1. The number of halogens is 3. The highest BCUT2D eigenvalue weighted by Crippen LogP contribution is 2.36. The van der Waals surface area contributed by atoms with Gasteiger partial charge in [-0.1, -0.05) is 53.5 Å². The highest BCUT2D eigenvalue weighted by Gasteiger charge is 2.36. The summed E-state index contributed by atoms with van der Waals surface area (Å²) in [6.07, 6.45) is 1.72. The van der Waals surface area contributed by atoms with Crippen molar-refractivity contribution in [2.45, 2.75) is 6.61 Å². The quantitative estimate of drug-likeness (QED) is 0.232. The van der Waals surface area contributed by atoms with Gasteiger partial charge in [0.2, 0.25) is 0 Å². The Balaban J connectivity index is 1.50. The Kier molecular flexibility index (Phi) is 6.91. The minimum Gasteiger partial charge on any atom is -0.488 e. The molecule has 0 N–H and O–H groups in total. The van der Waals surface area contributed by atoms with E-state index < -0.39 is 0 Å². The van der Waals surface area contributed by atoms with Crippen LogP contribution < -0.4 is 9.64 Å². The van der Waals surface area contributed by atoms with Crippen LogP contribution in [0.2, 0.25) is 10.0 Å². The van der Waals surface area contributed by atoms with Gasteiger partial charge in [-0.15, -0.1) is 0 Å². The van der Waals surface area contributed by atoms with Gasteiger partial charge in [0.25, 0.3) is 11.1 Å². The highest BCUT2D eigenvalue weighted by molar-refractivity contribution is 14.1. The summed E-state index contributed by atoms with van der Waals surface area (Å²) >= 11 is 15.2. The Labute approximate surface area is 207 Å². The van der Waals surface area contributed by atoms with Gasteiger partial charge in [0, 0.05) is 15.6 Å². The van der Waals surface area contributed by atoms with E-state index in [1.807, 2.05) is 30.3 Å². The largest absolute Gasteiger partial charge is 0.488 e. The van der Waals surface area contributed by atoms with Crippen molar-refractivity contribution in [3.63, 3.8) is 0 Å². The Bertz CT molecular complexity index is 1200. The fourth-order valence-electron chi connectivity index (χ4n) is 2.94. The maximum absolute atomic E-state index is 12.8. The lowest BCUT2D eigenvalue weighted by Crippen LogP contribution is -2.27. The average Bonchev–Trinajstić information content (AvgIpc) is 3.02. The molecule has 0 atom stereocenters. The Hall–Kier alpha value is -2.00. The van der Waals surface area contributed by atoms with Crippen molar-refractivity contribution >= 4 is 80.5 Å². The zero-order valence-corrected chi connectivity index (χ0v) is 20.3. The van der Waals surface area contributed by atoms with Crippen molar-refractivity contribution in [1.82, 2.24) is 0 Å². The summed E-state index contributed by atoms with van der Waals surface area (Å²) in [5, 5.41) is 0.814. The molecule has 3 aromatic rings. The molecule has 4 rings (SSSR count). The summed E-state index contributed by atoms with van der Waals surface area (Å²) < 4.78 is 6.77. The van der Waals surface area contributed by atoms with Crippen LogP contribution in [-0.4, -0.2) is 11.1 Å². The molecule has 0 radical (unpaired) electrons. The zero-order chi connectivity index (χ0) is 22.0. The van der Waals surface area contributed by atoms with Crippen LogP contribution in [0.4, 0.5) is 10.5 Å². The van der Waals surface area contributed by atoms with E-state index in [1.165, 1.54) is 4.90 Å². The van der Waals surface area contributed by atoms with Crippen molar-refractivity contribution < 1.29 is 14.3 Å². The van der Waals surface area contributed by atoms with Crippen LogP contribution >= 0.6 is 57.6 Å². The molecule has 1 fully saturated rings. The van der Waals surface area contributed by atoms with Crippen molar-refractivity contribution in [2.24, 2.45) is 0 Å². The molecule has 31 heavy (non-hydrogen) atoms. The molecule has 1 heterocycles. The van der Waals surface area contributed by atoms with E-state index in [0.717, 1.165) is 26.5 Å². The van der Waals surface area contributed by atoms with Gasteiger partial charge in [-0.2, -0.15) is 0 Å². The Morgan fingerprint density at radius 3 is 2.48 bits per heavy atom. The van der Waals surface area contributed by atoms with Gasteiger partial charge in [0.15, 0.2) is 0 Å². The van der Waals surface area contributed by atoms with E-state index in [-0.39, 0.29) is 11.1 Å². The van der Waals surface area contributed by atoms with Crippen LogP contribution in [-0.2, 0) is 11.4 Å². The minimum absolute atomic E-state index is 0.307. The first-order chi connectivity index (χ1) is 14.9. The minimum atomic E-state index is -0.325. The predicted molar refractivity (Wildman–Crippen MR) is 135 cm³/mol. The van der Waals surface area contributed by atoms with Crippen LogP contribution in [0.25, 0.3) is 6.08 Å². The van der Waals surface area contributed by atoms with Crippen molar-refractivity contribution in [1.29, 1.82) is 0 Å². The number of para-hydroxylation sites is 1. The zero-order valence-electron chi connectivity index (χ0n) is 15.8. The first-order valence-corrected chi connectivity index (χ1v) is 11.8. The van der Waals surface area contributed by atoms with Gasteiger partial charge in [0.05, 0.1) is 14.2 Å². The molecule has 0 bridgehead atoms. The van der Waals surface area contributed by atoms with Gasteiger partial charge < -0.3 is 4.74 Å². The molecule has 1 aliphatic rings. The molecule has 2 amide bonds. The number of anilines is 1. The summed E-state index contributed by atoms with van der Waals surface area (Å²) in [6, 6.07) is 19.7. The SMILES string of the molecule is O=C1S/C(=C\c2ccc(OCc3ccc(Cl)cc3Cl)c(I)c2)C(=O)N1c1ccccc1.